The number of aromatic nitrogens is 3. The number of anilines is 1. The van der Waals surface area contributed by atoms with Gasteiger partial charge in [-0.25, -0.2) is 0 Å². The molecule has 0 aliphatic heterocycles. The van der Waals surface area contributed by atoms with Crippen LogP contribution in [0.2, 0.25) is 0 Å². The Labute approximate surface area is 186 Å². The fourth-order valence-electron chi connectivity index (χ4n) is 2.92. The second kappa shape index (κ2) is 10.9. The zero-order valence-electron chi connectivity index (χ0n) is 18.0. The fraction of sp³-hybridized carbons (Fsp3) is 0.348. The molecule has 8 heteroatoms. The van der Waals surface area contributed by atoms with Gasteiger partial charge >= 0.3 is 0 Å². The summed E-state index contributed by atoms with van der Waals surface area (Å²) in [7, 11) is 0. The Morgan fingerprint density at radius 1 is 1.13 bits per heavy atom. The standard InChI is InChI=1S/C23H28N4O3S/c1-4-17-5-11-20(12-6-17)30-14-21-25-26-23(27(21)13-16(2)3)31-15-22(29)24-18-7-9-19(28)10-8-18/h5-12,16,28H,4,13-15H2,1-3H3,(H,24,29). The average molecular weight is 441 g/mol. The van der Waals surface area contributed by atoms with Gasteiger partial charge < -0.3 is 19.7 Å². The maximum atomic E-state index is 12.3. The van der Waals surface area contributed by atoms with Crippen LogP contribution in [0.4, 0.5) is 5.69 Å². The molecule has 0 saturated heterocycles. The Hall–Kier alpha value is -3.00. The van der Waals surface area contributed by atoms with Gasteiger partial charge in [-0.15, -0.1) is 10.2 Å². The minimum absolute atomic E-state index is 0.149. The predicted octanol–water partition coefficient (Wildman–Crippen LogP) is 4.51. The van der Waals surface area contributed by atoms with E-state index < -0.39 is 0 Å². The molecule has 31 heavy (non-hydrogen) atoms. The highest BCUT2D eigenvalue weighted by Crippen LogP contribution is 2.21. The van der Waals surface area contributed by atoms with Crippen LogP contribution in [-0.2, 0) is 24.4 Å². The topological polar surface area (TPSA) is 89.3 Å². The smallest absolute Gasteiger partial charge is 0.234 e. The number of hydrogen-bond acceptors (Lipinski definition) is 6. The molecular formula is C23H28N4O3S. The molecule has 3 rings (SSSR count). The molecule has 0 aliphatic carbocycles. The summed E-state index contributed by atoms with van der Waals surface area (Å²) in [5, 5.41) is 21.4. The van der Waals surface area contributed by atoms with Crippen molar-refractivity contribution in [1.82, 2.24) is 14.8 Å². The first-order valence-corrected chi connectivity index (χ1v) is 11.3. The zero-order chi connectivity index (χ0) is 22.2. The molecule has 0 saturated carbocycles. The van der Waals surface area contributed by atoms with Crippen LogP contribution in [0.1, 0.15) is 32.2 Å². The van der Waals surface area contributed by atoms with Gasteiger partial charge in [0.1, 0.15) is 18.1 Å². The van der Waals surface area contributed by atoms with E-state index in [2.05, 4.69) is 48.4 Å². The Bertz CT molecular complexity index is 985. The number of aromatic hydroxyl groups is 1. The molecule has 1 aromatic heterocycles. The maximum Gasteiger partial charge on any atom is 0.234 e. The Balaban J connectivity index is 1.62. The van der Waals surface area contributed by atoms with Gasteiger partial charge in [0.2, 0.25) is 5.91 Å². The number of benzene rings is 2. The first-order chi connectivity index (χ1) is 14.9. The Morgan fingerprint density at radius 2 is 1.84 bits per heavy atom. The predicted molar refractivity (Wildman–Crippen MR) is 122 cm³/mol. The molecule has 1 heterocycles. The summed E-state index contributed by atoms with van der Waals surface area (Å²) in [5.74, 6) is 2.13. The number of ether oxygens (including phenoxy) is 1. The molecule has 164 valence electrons. The van der Waals surface area contributed by atoms with E-state index in [0.29, 0.717) is 23.4 Å². The first-order valence-electron chi connectivity index (χ1n) is 10.3. The third-order valence-electron chi connectivity index (χ3n) is 4.52. The third kappa shape index (κ3) is 6.75. The Kier molecular flexibility index (Phi) is 7.94. The lowest BCUT2D eigenvalue weighted by atomic mass is 10.2. The minimum atomic E-state index is -0.149. The van der Waals surface area contributed by atoms with Crippen LogP contribution < -0.4 is 10.1 Å². The van der Waals surface area contributed by atoms with Crippen molar-refractivity contribution in [2.45, 2.75) is 45.5 Å². The van der Waals surface area contributed by atoms with Crippen LogP contribution in [0.25, 0.3) is 0 Å². The first kappa shape index (κ1) is 22.7. The number of amides is 1. The molecule has 7 nitrogen and oxygen atoms in total. The Morgan fingerprint density at radius 3 is 2.48 bits per heavy atom. The molecule has 0 fully saturated rings. The van der Waals surface area contributed by atoms with E-state index in [1.54, 1.807) is 12.1 Å². The molecule has 0 bridgehead atoms. The molecule has 0 radical (unpaired) electrons. The van der Waals surface area contributed by atoms with Crippen molar-refractivity contribution in [1.29, 1.82) is 0 Å². The highest BCUT2D eigenvalue weighted by Gasteiger charge is 2.16. The number of carbonyl (C=O) groups is 1. The largest absolute Gasteiger partial charge is 0.508 e. The van der Waals surface area contributed by atoms with E-state index in [-0.39, 0.29) is 17.4 Å². The minimum Gasteiger partial charge on any atom is -0.508 e. The quantitative estimate of drug-likeness (QED) is 0.356. The van der Waals surface area contributed by atoms with E-state index in [0.717, 1.165) is 24.5 Å². The van der Waals surface area contributed by atoms with Crippen molar-refractivity contribution in [3.05, 3.63) is 59.9 Å². The van der Waals surface area contributed by atoms with Crippen molar-refractivity contribution in [3.63, 3.8) is 0 Å². The van der Waals surface area contributed by atoms with Crippen LogP contribution in [-0.4, -0.2) is 31.5 Å². The monoisotopic (exact) mass is 440 g/mol. The number of carbonyl (C=O) groups excluding carboxylic acids is 1. The average Bonchev–Trinajstić information content (AvgIpc) is 3.13. The number of nitrogens with one attached hydrogen (secondary N) is 1. The van der Waals surface area contributed by atoms with Crippen molar-refractivity contribution < 1.29 is 14.6 Å². The highest BCUT2D eigenvalue weighted by atomic mass is 32.2. The number of rotatable bonds is 10. The van der Waals surface area contributed by atoms with Crippen molar-refractivity contribution in [2.75, 3.05) is 11.1 Å². The van der Waals surface area contributed by atoms with Crippen LogP contribution in [0.3, 0.4) is 0 Å². The van der Waals surface area contributed by atoms with E-state index in [9.17, 15) is 9.90 Å². The maximum absolute atomic E-state index is 12.3. The van der Waals surface area contributed by atoms with Gasteiger partial charge in [0.25, 0.3) is 0 Å². The number of thioether (sulfide) groups is 1. The van der Waals surface area contributed by atoms with E-state index in [1.807, 2.05) is 16.7 Å². The highest BCUT2D eigenvalue weighted by molar-refractivity contribution is 7.99. The molecule has 1 amide bonds. The number of phenols is 1. The van der Waals surface area contributed by atoms with Gasteiger partial charge in [-0.2, -0.15) is 0 Å². The molecule has 0 spiro atoms. The van der Waals surface area contributed by atoms with Gasteiger partial charge in [-0.3, -0.25) is 4.79 Å². The molecule has 0 aliphatic rings. The lowest BCUT2D eigenvalue weighted by Gasteiger charge is -2.13. The van der Waals surface area contributed by atoms with Crippen LogP contribution in [0, 0.1) is 5.92 Å². The zero-order valence-corrected chi connectivity index (χ0v) is 18.9. The lowest BCUT2D eigenvalue weighted by Crippen LogP contribution is -2.16. The second-order valence-corrected chi connectivity index (χ2v) is 8.52. The van der Waals surface area contributed by atoms with Crippen molar-refractivity contribution >= 4 is 23.4 Å². The van der Waals surface area contributed by atoms with Crippen molar-refractivity contribution in [3.8, 4) is 11.5 Å². The molecule has 2 N–H and O–H groups in total. The summed E-state index contributed by atoms with van der Waals surface area (Å²) in [5.41, 5.74) is 1.90. The summed E-state index contributed by atoms with van der Waals surface area (Å²) in [6, 6.07) is 14.4. The van der Waals surface area contributed by atoms with Gasteiger partial charge in [-0.1, -0.05) is 44.7 Å². The van der Waals surface area contributed by atoms with Gasteiger partial charge in [-0.05, 0) is 54.3 Å². The number of hydrogen-bond donors (Lipinski definition) is 2. The number of phenolic OH excluding ortho intramolecular Hbond substituents is 1. The van der Waals surface area contributed by atoms with Crippen LogP contribution in [0.5, 0.6) is 11.5 Å². The summed E-state index contributed by atoms with van der Waals surface area (Å²) in [4.78, 5) is 12.3. The molecule has 0 unspecified atom stereocenters. The summed E-state index contributed by atoms with van der Waals surface area (Å²) in [6.07, 6.45) is 0.990. The normalized spacial score (nSPS) is 11.0. The summed E-state index contributed by atoms with van der Waals surface area (Å²) in [6.45, 7) is 7.42. The third-order valence-corrected chi connectivity index (χ3v) is 5.49. The summed E-state index contributed by atoms with van der Waals surface area (Å²) < 4.78 is 7.93. The molecular weight excluding hydrogens is 412 g/mol. The van der Waals surface area contributed by atoms with Crippen molar-refractivity contribution in [2.24, 2.45) is 5.92 Å². The number of aryl methyl sites for hydroxylation is 1. The lowest BCUT2D eigenvalue weighted by molar-refractivity contribution is -0.113. The SMILES string of the molecule is CCc1ccc(OCc2nnc(SCC(=O)Nc3ccc(O)cc3)n2CC(C)C)cc1. The summed E-state index contributed by atoms with van der Waals surface area (Å²) >= 11 is 1.34. The van der Waals surface area contributed by atoms with Gasteiger partial charge in [0.05, 0.1) is 5.75 Å². The van der Waals surface area contributed by atoms with Gasteiger partial charge in [0, 0.05) is 12.2 Å². The van der Waals surface area contributed by atoms with Crippen LogP contribution in [0.15, 0.2) is 53.7 Å². The molecule has 2 aromatic carbocycles. The van der Waals surface area contributed by atoms with Crippen LogP contribution >= 0.6 is 11.8 Å². The van der Waals surface area contributed by atoms with E-state index in [1.165, 1.54) is 29.5 Å². The van der Waals surface area contributed by atoms with Gasteiger partial charge in [0.15, 0.2) is 11.0 Å². The molecule has 3 aromatic rings. The number of nitrogens with zero attached hydrogens (tertiary/aromatic N) is 3. The second-order valence-electron chi connectivity index (χ2n) is 7.57. The molecule has 0 atom stereocenters. The van der Waals surface area contributed by atoms with E-state index in [4.69, 9.17) is 4.74 Å². The van der Waals surface area contributed by atoms with E-state index >= 15 is 0 Å². The fourth-order valence-corrected chi connectivity index (χ4v) is 3.69.